The molecule has 26 nitrogen and oxygen atoms in total. The maximum atomic E-state index is 13.3. The predicted molar refractivity (Wildman–Crippen MR) is 352 cm³/mol. The van der Waals surface area contributed by atoms with Gasteiger partial charge in [0.1, 0.15) is 52.4 Å². The minimum atomic E-state index is -1.00. The molecule has 7 rings (SSSR count). The fourth-order valence-corrected chi connectivity index (χ4v) is 10.5. The van der Waals surface area contributed by atoms with Gasteiger partial charge in [0.15, 0.2) is 23.4 Å². The monoisotopic (exact) mass is 1380 g/mol. The van der Waals surface area contributed by atoms with Crippen LogP contribution in [0.25, 0.3) is 0 Å². The summed E-state index contributed by atoms with van der Waals surface area (Å²) in [5.74, 6) is -8.36. The molecule has 0 saturated carbocycles. The molecule has 0 aromatic heterocycles. The Hall–Kier alpha value is -9.18. The van der Waals surface area contributed by atoms with Crippen molar-refractivity contribution in [3.05, 3.63) is 151 Å². The zero-order chi connectivity index (χ0) is 69.3. The highest BCUT2D eigenvalue weighted by atomic mass is 35.5. The number of halogens is 2. The average molecular weight is 1380 g/mol. The van der Waals surface area contributed by atoms with Crippen molar-refractivity contribution in [2.75, 3.05) is 35.5 Å². The number of primary amides is 1. The first kappa shape index (κ1) is 82.9. The molecule has 0 spiro atoms. The molecule has 1 fully saturated rings. The maximum Gasteiger partial charge on any atom is 0.405 e. The van der Waals surface area contributed by atoms with E-state index in [1.165, 1.54) is 47.5 Å². The molecule has 9 N–H and O–H groups in total. The zero-order valence-corrected chi connectivity index (χ0v) is 53.9. The van der Waals surface area contributed by atoms with Gasteiger partial charge in [0.05, 0.1) is 61.1 Å². The highest BCUT2D eigenvalue weighted by Gasteiger charge is 2.39. The van der Waals surface area contributed by atoms with Crippen LogP contribution in [0.5, 0.6) is 23.0 Å². The maximum absolute atomic E-state index is 13.3. The van der Waals surface area contributed by atoms with Crippen LogP contribution in [0, 0.1) is 11.8 Å². The summed E-state index contributed by atoms with van der Waals surface area (Å²) in [5.41, 5.74) is 5.44. The number of hydrogen-bond donors (Lipinski definition) is 8. The lowest BCUT2D eigenvalue weighted by Crippen LogP contribution is -2.37. The van der Waals surface area contributed by atoms with E-state index in [2.05, 4.69) is 15.4 Å². The second kappa shape index (κ2) is 37.8. The van der Waals surface area contributed by atoms with Gasteiger partial charge < -0.3 is 79.8 Å². The van der Waals surface area contributed by atoms with Gasteiger partial charge in [-0.2, -0.15) is 0 Å². The van der Waals surface area contributed by atoms with Gasteiger partial charge in [0.25, 0.3) is 5.91 Å². The first-order valence-corrected chi connectivity index (χ1v) is 29.4. The van der Waals surface area contributed by atoms with E-state index < -0.39 is 112 Å². The fraction of sp³-hybridized carbons (Fsp3) is 0.412. The second-order valence-electron chi connectivity index (χ2n) is 21.8. The van der Waals surface area contributed by atoms with Crippen molar-refractivity contribution in [1.82, 2.24) is 10.6 Å². The Bertz CT molecular complexity index is 3590. The minimum Gasteiger partial charge on any atom is -0.507 e. The van der Waals surface area contributed by atoms with Crippen LogP contribution >= 0.6 is 23.2 Å². The van der Waals surface area contributed by atoms with Gasteiger partial charge in [0, 0.05) is 86.5 Å². The number of ether oxygens (including phenoxy) is 8. The third-order valence-electron chi connectivity index (χ3n) is 14.9. The van der Waals surface area contributed by atoms with Crippen LogP contribution in [-0.2, 0) is 84.3 Å². The number of epoxide rings is 1. The largest absolute Gasteiger partial charge is 0.507 e. The van der Waals surface area contributed by atoms with Crippen molar-refractivity contribution in [3.63, 3.8) is 0 Å². The van der Waals surface area contributed by atoms with Gasteiger partial charge in [-0.25, -0.2) is 14.4 Å². The molecule has 2 aliphatic carbocycles. The van der Waals surface area contributed by atoms with Gasteiger partial charge in [0.2, 0.25) is 29.0 Å². The Balaban J connectivity index is 0.000000498. The topological polar surface area (TPSA) is 399 Å². The van der Waals surface area contributed by atoms with E-state index in [0.29, 0.717) is 18.4 Å². The molecule has 0 radical (unpaired) electrons. The van der Waals surface area contributed by atoms with Crippen LogP contribution in [0.15, 0.2) is 119 Å². The van der Waals surface area contributed by atoms with E-state index in [4.69, 9.17) is 62.1 Å². The lowest BCUT2D eigenvalue weighted by atomic mass is 9.85. The number of esters is 2. The highest BCUT2D eigenvalue weighted by Crippen LogP contribution is 2.40. The predicted octanol–water partition coefficient (Wildman–Crippen LogP) is 8.16. The third kappa shape index (κ3) is 21.9. The van der Waals surface area contributed by atoms with Crippen molar-refractivity contribution in [1.29, 1.82) is 0 Å². The van der Waals surface area contributed by atoms with Crippen molar-refractivity contribution >= 4 is 82.0 Å². The molecule has 1 saturated heterocycles. The number of carbonyl (C=O) groups excluding carboxylic acids is 10. The third-order valence-corrected chi connectivity index (χ3v) is 15.7. The van der Waals surface area contributed by atoms with Crippen molar-refractivity contribution in [2.45, 2.75) is 138 Å². The minimum absolute atomic E-state index is 0. The summed E-state index contributed by atoms with van der Waals surface area (Å²) in [5, 5.41) is 55.1. The molecular formula is C68H85Cl2N3O23. The first-order chi connectivity index (χ1) is 43.9. The number of rotatable bonds is 10. The SMILES string of the molecule is C.C.C.COC(=O)c1c(O)cc(O)c(Cl)c1CCC(=O)NC1=CC(=O)C(OC)=CC1=O.COC1=C2C[C@@H](C)C[C@H](OC)[C@H](O)[C@@H](C)/C=C(\C)[C@H](OC(N)=O)[C@@H](OC)/C=C\C=C(/C)C(=O)NC(=CC1=O)C2=O.C[C@@H]1C[C@@H]2O[C@H]2/C=C\C=C\C(=O)Cc2c(Cl)c(O)cc(O)c2C(=O)O1. The lowest BCUT2D eigenvalue weighted by Gasteiger charge is -2.29. The number of carbonyl (C=O) groups is 10. The number of ketones is 5. The van der Waals surface area contributed by atoms with Crippen molar-refractivity contribution < 1.29 is 111 Å². The molecule has 3 aliphatic heterocycles. The number of cyclic esters (lactones) is 1. The molecule has 2 bridgehead atoms. The number of aliphatic hydroxyl groups is 1. The average Bonchev–Trinajstić information content (AvgIpc) is 0.953. The standard InChI is InChI=1S/C29H40N2O9.C18H16ClNO8.C18H17ClO6.3CH4/c1-15-11-19-25(34)20(14-21(32)27(19)39-7)31-28(35)16(2)9-8-10-22(37-5)26(40-29(30)36)18(4)13-17(3)24(33)23(12-15)38-6;1-27-14-7-10(21)9(5-11(14)22)20-15(25)4-3-8-16(18(26)28-2)12(23)6-13(24)17(8)19;1-9-6-15-14(25-15)5-3-2-4-10(20)7-11-16(18(23)24-9)12(21)8-13(22)17(11)19;;;/h8-10,13-15,17,22-24,26,33H,11-12H2,1-7H3,(H2,30,36)(H,31,35);5-7,23-24H,3-4H2,1-2H3,(H,20,25);2-5,8-9,14-15,21-22H,6-7H2,1H3;3*1H4/b10-8-,16-9+,18-13+;;4-2+,5-3-;;;/t15-,17+,22+,23+,24-,26+;;9-,14+,15+;;;/m1.1.../s1. The summed E-state index contributed by atoms with van der Waals surface area (Å²) in [6.07, 6.45) is 11.2. The number of fused-ring (bicyclic) bond motifs is 4. The van der Waals surface area contributed by atoms with Crippen LogP contribution in [0.1, 0.15) is 114 Å². The summed E-state index contributed by atoms with van der Waals surface area (Å²) in [7, 11) is 6.55. The fourth-order valence-electron chi connectivity index (χ4n) is 10.1. The van der Waals surface area contributed by atoms with E-state index in [-0.39, 0.29) is 138 Å². The van der Waals surface area contributed by atoms with Crippen LogP contribution < -0.4 is 16.4 Å². The highest BCUT2D eigenvalue weighted by molar-refractivity contribution is 6.34. The van der Waals surface area contributed by atoms with E-state index in [1.807, 2.05) is 13.0 Å². The number of allylic oxidation sites excluding steroid dienone is 9. The molecule has 524 valence electrons. The molecule has 3 heterocycles. The summed E-state index contributed by atoms with van der Waals surface area (Å²) < 4.78 is 41.9. The molecule has 2 aromatic rings. The molecule has 96 heavy (non-hydrogen) atoms. The summed E-state index contributed by atoms with van der Waals surface area (Å²) in [4.78, 5) is 123. The number of nitrogens with two attached hydrogens (primary N) is 1. The number of aliphatic hydroxyl groups excluding tert-OH is 1. The summed E-state index contributed by atoms with van der Waals surface area (Å²) in [6, 6.07) is 1.84. The number of amides is 3. The number of phenolic OH excluding ortho intramolecular Hbond substituents is 4. The van der Waals surface area contributed by atoms with E-state index in [1.54, 1.807) is 51.2 Å². The van der Waals surface area contributed by atoms with E-state index in [9.17, 15) is 73.5 Å². The number of aromatic hydroxyl groups is 4. The van der Waals surface area contributed by atoms with E-state index >= 15 is 0 Å². The number of phenols is 4. The van der Waals surface area contributed by atoms with Crippen molar-refractivity contribution in [2.24, 2.45) is 17.6 Å². The number of Topliss-reactive ketones (excluding diaryl/α,β-unsaturated/α-hetero) is 1. The van der Waals surface area contributed by atoms with Crippen molar-refractivity contribution in [3.8, 4) is 23.0 Å². The Morgan fingerprint density at radius 2 is 1.44 bits per heavy atom. The first-order valence-electron chi connectivity index (χ1n) is 28.7. The van der Waals surface area contributed by atoms with Crippen LogP contribution in [0.2, 0.25) is 10.0 Å². The molecular weight excluding hydrogens is 1300 g/mol. The quantitative estimate of drug-likeness (QED) is 0.0365. The number of hydrogen-bond acceptors (Lipinski definition) is 23. The number of nitrogens with one attached hydrogen (secondary N) is 2. The van der Waals surface area contributed by atoms with Crippen LogP contribution in [0.3, 0.4) is 0 Å². The van der Waals surface area contributed by atoms with Gasteiger partial charge in [-0.15, -0.1) is 0 Å². The Morgan fingerprint density at radius 1 is 0.781 bits per heavy atom. The molecule has 2 aromatic carbocycles. The molecule has 28 heteroatoms. The van der Waals surface area contributed by atoms with E-state index in [0.717, 1.165) is 37.5 Å². The second-order valence-corrected chi connectivity index (χ2v) is 22.5. The number of methoxy groups -OCH3 is 5. The molecule has 0 unspecified atom stereocenters. The lowest BCUT2D eigenvalue weighted by molar-refractivity contribution is -0.122. The Morgan fingerprint density at radius 3 is 2.05 bits per heavy atom. The zero-order valence-electron chi connectivity index (χ0n) is 52.4. The Labute approximate surface area is 566 Å². The molecule has 3 amide bonds. The molecule has 5 aliphatic rings. The van der Waals surface area contributed by atoms with Gasteiger partial charge in [-0.05, 0) is 63.2 Å². The van der Waals surface area contributed by atoms with Gasteiger partial charge in [-0.3, -0.25) is 33.6 Å². The summed E-state index contributed by atoms with van der Waals surface area (Å²) in [6.45, 7) is 8.64. The number of benzene rings is 2. The van der Waals surface area contributed by atoms with Crippen LogP contribution in [-0.4, -0.2) is 163 Å². The Kier molecular flexibility index (Phi) is 32.6. The smallest absolute Gasteiger partial charge is 0.405 e. The normalized spacial score (nSPS) is 25.1. The van der Waals surface area contributed by atoms with Gasteiger partial charge in [-0.1, -0.05) is 102 Å². The summed E-state index contributed by atoms with van der Waals surface area (Å²) >= 11 is 12.0. The van der Waals surface area contributed by atoms with Gasteiger partial charge >= 0.3 is 18.0 Å². The molecule has 9 atom stereocenters. The van der Waals surface area contributed by atoms with Crippen LogP contribution in [0.4, 0.5) is 4.79 Å².